The molecule has 2 rings (SSSR count). The molecule has 0 bridgehead atoms. The first-order valence-electron chi connectivity index (χ1n) is 8.49. The smallest absolute Gasteiger partial charge is 0.193 e. The minimum Gasteiger partial charge on any atom is -0.381 e. The molecule has 0 saturated heterocycles. The summed E-state index contributed by atoms with van der Waals surface area (Å²) in [4.78, 5) is 4.34. The molecule has 0 saturated carbocycles. The molecular weight excluding hydrogens is 425 g/mol. The number of nitrogens with zero attached hydrogens (tertiary/aromatic N) is 1. The highest BCUT2D eigenvalue weighted by molar-refractivity contribution is 14.0. The largest absolute Gasteiger partial charge is 0.381 e. The Balaban J connectivity index is 0.00000312. The van der Waals surface area contributed by atoms with E-state index in [-0.39, 0.29) is 24.0 Å². The van der Waals surface area contributed by atoms with Gasteiger partial charge < -0.3 is 15.8 Å². The average molecular weight is 453 g/mol. The van der Waals surface area contributed by atoms with Crippen molar-refractivity contribution in [2.24, 2.45) is 10.7 Å². The van der Waals surface area contributed by atoms with E-state index in [0.29, 0.717) is 12.5 Å². The first kappa shape index (κ1) is 21.4. The lowest BCUT2D eigenvalue weighted by Gasteiger charge is -2.06. The molecule has 0 aliphatic rings. The molecule has 2 aromatic rings. The van der Waals surface area contributed by atoms with Crippen molar-refractivity contribution in [3.63, 3.8) is 0 Å². The molecule has 4 nitrogen and oxygen atoms in total. The normalized spacial score (nSPS) is 11.0. The first-order valence-corrected chi connectivity index (χ1v) is 8.49. The van der Waals surface area contributed by atoms with E-state index in [0.717, 1.165) is 38.2 Å². The second kappa shape index (κ2) is 12.7. The molecule has 0 atom stereocenters. The van der Waals surface area contributed by atoms with Crippen LogP contribution in [0.1, 0.15) is 24.0 Å². The number of hydrogen-bond acceptors (Lipinski definition) is 2. The molecule has 5 heteroatoms. The molecule has 3 N–H and O–H groups in total. The standard InChI is InChI=1S/C20H27N3O.HI/c1-17-9-11-19(12-10-17)23-20(21)22-14-5-6-15-24-16-13-18-7-3-2-4-8-18;/h2-4,7-12H,5-6,13-16H2,1H3,(H3,21,22,23);1H. The highest BCUT2D eigenvalue weighted by Gasteiger charge is 1.96. The monoisotopic (exact) mass is 453 g/mol. The molecule has 0 aliphatic carbocycles. The second-order valence-electron chi connectivity index (χ2n) is 5.81. The van der Waals surface area contributed by atoms with Crippen LogP contribution in [0.2, 0.25) is 0 Å². The number of halogens is 1. The Morgan fingerprint density at radius 1 is 1.00 bits per heavy atom. The minimum atomic E-state index is 0. The van der Waals surface area contributed by atoms with E-state index in [9.17, 15) is 0 Å². The van der Waals surface area contributed by atoms with Crippen LogP contribution in [0.5, 0.6) is 0 Å². The molecule has 0 aliphatic heterocycles. The fraction of sp³-hybridized carbons (Fsp3) is 0.350. The summed E-state index contributed by atoms with van der Waals surface area (Å²) in [6.45, 7) is 4.31. The molecule has 0 aromatic heterocycles. The zero-order chi connectivity index (χ0) is 17.0. The summed E-state index contributed by atoms with van der Waals surface area (Å²) in [5.74, 6) is 0.462. The Kier molecular flexibility index (Phi) is 10.9. The summed E-state index contributed by atoms with van der Waals surface area (Å²) in [5.41, 5.74) is 9.38. The quantitative estimate of drug-likeness (QED) is 0.257. The van der Waals surface area contributed by atoms with E-state index in [2.05, 4.69) is 41.5 Å². The first-order chi connectivity index (χ1) is 11.7. The Bertz CT molecular complexity index is 615. The van der Waals surface area contributed by atoms with Crippen LogP contribution in [0.15, 0.2) is 59.6 Å². The van der Waals surface area contributed by atoms with Crippen molar-refractivity contribution < 1.29 is 4.74 Å². The molecule has 0 unspecified atom stereocenters. The van der Waals surface area contributed by atoms with Gasteiger partial charge in [0.15, 0.2) is 5.96 Å². The highest BCUT2D eigenvalue weighted by atomic mass is 127. The summed E-state index contributed by atoms with van der Waals surface area (Å²) in [5, 5.41) is 3.09. The van der Waals surface area contributed by atoms with Gasteiger partial charge in [0.2, 0.25) is 0 Å². The number of rotatable bonds is 9. The van der Waals surface area contributed by atoms with Crippen LogP contribution in [0, 0.1) is 6.92 Å². The number of benzene rings is 2. The van der Waals surface area contributed by atoms with Gasteiger partial charge in [0.05, 0.1) is 6.61 Å². The molecule has 0 amide bonds. The maximum absolute atomic E-state index is 5.88. The van der Waals surface area contributed by atoms with E-state index in [1.165, 1.54) is 11.1 Å². The van der Waals surface area contributed by atoms with Crippen LogP contribution in [0.4, 0.5) is 5.69 Å². The molecule has 0 radical (unpaired) electrons. The fourth-order valence-electron chi connectivity index (χ4n) is 2.28. The van der Waals surface area contributed by atoms with Gasteiger partial charge in [-0.2, -0.15) is 0 Å². The van der Waals surface area contributed by atoms with Crippen molar-refractivity contribution in [1.82, 2.24) is 0 Å². The Labute approximate surface area is 167 Å². The van der Waals surface area contributed by atoms with Gasteiger partial charge in [0.25, 0.3) is 0 Å². The predicted octanol–water partition coefficient (Wildman–Crippen LogP) is 4.38. The Morgan fingerprint density at radius 3 is 2.44 bits per heavy atom. The third-order valence-electron chi connectivity index (χ3n) is 3.68. The third-order valence-corrected chi connectivity index (χ3v) is 3.68. The molecule has 0 fully saturated rings. The van der Waals surface area contributed by atoms with Crippen LogP contribution in [-0.4, -0.2) is 25.7 Å². The average Bonchev–Trinajstić information content (AvgIpc) is 2.60. The topological polar surface area (TPSA) is 59.6 Å². The highest BCUT2D eigenvalue weighted by Crippen LogP contribution is 2.07. The summed E-state index contributed by atoms with van der Waals surface area (Å²) in [7, 11) is 0. The van der Waals surface area contributed by atoms with Gasteiger partial charge in [-0.15, -0.1) is 24.0 Å². The summed E-state index contributed by atoms with van der Waals surface area (Å²) in [6, 6.07) is 18.5. The zero-order valence-electron chi connectivity index (χ0n) is 14.8. The summed E-state index contributed by atoms with van der Waals surface area (Å²) in [6.07, 6.45) is 2.93. The Morgan fingerprint density at radius 2 is 1.72 bits per heavy atom. The lowest BCUT2D eigenvalue weighted by Crippen LogP contribution is -2.22. The SMILES string of the molecule is Cc1ccc(NC(N)=NCCCCOCCc2ccccc2)cc1.I. The predicted molar refractivity (Wildman–Crippen MR) is 117 cm³/mol. The molecule has 136 valence electrons. The number of aliphatic imine (C=N–C) groups is 1. The number of unbranched alkanes of at least 4 members (excludes halogenated alkanes) is 1. The fourth-order valence-corrected chi connectivity index (χ4v) is 2.28. The number of nitrogens with one attached hydrogen (secondary N) is 1. The number of hydrogen-bond donors (Lipinski definition) is 2. The van der Waals surface area contributed by atoms with Crippen LogP contribution in [0.25, 0.3) is 0 Å². The minimum absolute atomic E-state index is 0. The maximum Gasteiger partial charge on any atom is 0.193 e. The van der Waals surface area contributed by atoms with Gasteiger partial charge in [0.1, 0.15) is 0 Å². The van der Waals surface area contributed by atoms with Gasteiger partial charge >= 0.3 is 0 Å². The lowest BCUT2D eigenvalue weighted by atomic mass is 10.2. The van der Waals surface area contributed by atoms with Gasteiger partial charge in [-0.05, 0) is 43.9 Å². The summed E-state index contributed by atoms with van der Waals surface area (Å²) < 4.78 is 5.66. The Hall–Kier alpha value is -1.60. The molecule has 0 spiro atoms. The van der Waals surface area contributed by atoms with E-state index in [4.69, 9.17) is 10.5 Å². The van der Waals surface area contributed by atoms with Crippen LogP contribution >= 0.6 is 24.0 Å². The van der Waals surface area contributed by atoms with Crippen LogP contribution in [-0.2, 0) is 11.2 Å². The number of ether oxygens (including phenoxy) is 1. The van der Waals surface area contributed by atoms with E-state index < -0.39 is 0 Å². The van der Waals surface area contributed by atoms with E-state index in [1.54, 1.807) is 0 Å². The number of anilines is 1. The van der Waals surface area contributed by atoms with Gasteiger partial charge in [-0.25, -0.2) is 0 Å². The second-order valence-corrected chi connectivity index (χ2v) is 5.81. The van der Waals surface area contributed by atoms with E-state index >= 15 is 0 Å². The van der Waals surface area contributed by atoms with Gasteiger partial charge in [0, 0.05) is 18.8 Å². The van der Waals surface area contributed by atoms with Crippen molar-refractivity contribution in [3.05, 3.63) is 65.7 Å². The van der Waals surface area contributed by atoms with E-state index in [1.807, 2.05) is 30.3 Å². The molecule has 25 heavy (non-hydrogen) atoms. The van der Waals surface area contributed by atoms with Crippen molar-refractivity contribution in [3.8, 4) is 0 Å². The van der Waals surface area contributed by atoms with Crippen molar-refractivity contribution in [2.45, 2.75) is 26.2 Å². The van der Waals surface area contributed by atoms with Crippen molar-refractivity contribution in [2.75, 3.05) is 25.1 Å². The van der Waals surface area contributed by atoms with Gasteiger partial charge in [-0.1, -0.05) is 48.0 Å². The molecular formula is C20H28IN3O. The van der Waals surface area contributed by atoms with Crippen molar-refractivity contribution in [1.29, 1.82) is 0 Å². The summed E-state index contributed by atoms with van der Waals surface area (Å²) >= 11 is 0. The number of aryl methyl sites for hydroxylation is 1. The maximum atomic E-state index is 5.88. The van der Waals surface area contributed by atoms with Crippen LogP contribution in [0.3, 0.4) is 0 Å². The van der Waals surface area contributed by atoms with Gasteiger partial charge in [-0.3, -0.25) is 4.99 Å². The van der Waals surface area contributed by atoms with Crippen LogP contribution < -0.4 is 11.1 Å². The number of guanidine groups is 1. The molecule has 0 heterocycles. The molecule has 2 aromatic carbocycles. The lowest BCUT2D eigenvalue weighted by molar-refractivity contribution is 0.134. The third kappa shape index (κ3) is 9.45. The van der Waals surface area contributed by atoms with Crippen molar-refractivity contribution >= 4 is 35.6 Å². The number of nitrogens with two attached hydrogens (primary N) is 1. The zero-order valence-corrected chi connectivity index (χ0v) is 17.1.